The van der Waals surface area contributed by atoms with Gasteiger partial charge in [0.25, 0.3) is 0 Å². The zero-order chi connectivity index (χ0) is 15.7. The van der Waals surface area contributed by atoms with E-state index >= 15 is 0 Å². The molecule has 0 amide bonds. The number of nitrogens with zero attached hydrogens (tertiary/aromatic N) is 4. The Hall–Kier alpha value is -2.63. The topological polar surface area (TPSA) is 77.6 Å². The molecule has 0 aliphatic heterocycles. The average molecular weight is 297 g/mol. The number of pyridine rings is 2. The fraction of sp³-hybridized carbons (Fsp3) is 0.250. The highest BCUT2D eigenvalue weighted by molar-refractivity contribution is 5.80. The van der Waals surface area contributed by atoms with Crippen molar-refractivity contribution in [2.24, 2.45) is 0 Å². The molecule has 112 valence electrons. The number of hydrogen-bond donors (Lipinski definition) is 1. The average Bonchev–Trinajstić information content (AvgIpc) is 2.50. The van der Waals surface area contributed by atoms with Crippen molar-refractivity contribution in [3.8, 4) is 11.3 Å². The van der Waals surface area contributed by atoms with Crippen LogP contribution in [0.3, 0.4) is 0 Å². The molecule has 3 aromatic rings. The lowest BCUT2D eigenvalue weighted by Crippen LogP contribution is -2.02. The van der Waals surface area contributed by atoms with Gasteiger partial charge in [0.2, 0.25) is 11.9 Å². The highest BCUT2D eigenvalue weighted by Crippen LogP contribution is 2.23. The monoisotopic (exact) mass is 297 g/mol. The van der Waals surface area contributed by atoms with Crippen molar-refractivity contribution >= 4 is 17.0 Å². The van der Waals surface area contributed by atoms with Crippen LogP contribution in [0, 0.1) is 12.9 Å². The van der Waals surface area contributed by atoms with Gasteiger partial charge in [0.1, 0.15) is 5.52 Å². The van der Waals surface area contributed by atoms with Crippen LogP contribution < -0.4 is 5.73 Å². The first-order valence-electron chi connectivity index (χ1n) is 7.14. The quantitative estimate of drug-likeness (QED) is 0.752. The molecule has 0 atom stereocenters. The van der Waals surface area contributed by atoms with E-state index < -0.39 is 5.95 Å². The Morgan fingerprint density at radius 3 is 2.73 bits per heavy atom. The van der Waals surface area contributed by atoms with Gasteiger partial charge in [0.15, 0.2) is 0 Å². The predicted molar refractivity (Wildman–Crippen MR) is 83.7 cm³/mol. The number of nitrogens with two attached hydrogens (primary N) is 1. The van der Waals surface area contributed by atoms with Gasteiger partial charge in [-0.05, 0) is 31.5 Å². The third-order valence-corrected chi connectivity index (χ3v) is 3.43. The summed E-state index contributed by atoms with van der Waals surface area (Å²) in [7, 11) is 0. The van der Waals surface area contributed by atoms with Crippen LogP contribution in [0.4, 0.5) is 10.3 Å². The van der Waals surface area contributed by atoms with E-state index in [4.69, 9.17) is 5.73 Å². The van der Waals surface area contributed by atoms with Crippen molar-refractivity contribution in [3.05, 3.63) is 41.6 Å². The molecule has 0 unspecified atom stereocenters. The molecule has 0 saturated heterocycles. The smallest absolute Gasteiger partial charge is 0.220 e. The Morgan fingerprint density at radius 1 is 1.18 bits per heavy atom. The van der Waals surface area contributed by atoms with Crippen molar-refractivity contribution in [2.45, 2.75) is 26.7 Å². The first-order valence-corrected chi connectivity index (χ1v) is 7.14. The van der Waals surface area contributed by atoms with Gasteiger partial charge in [-0.25, -0.2) is 19.9 Å². The lowest BCUT2D eigenvalue weighted by Gasteiger charge is -2.08. The number of halogens is 1. The predicted octanol–water partition coefficient (Wildman–Crippen LogP) is 3.07. The second-order valence-corrected chi connectivity index (χ2v) is 5.17. The standard InChI is InChI=1S/C16H16FN5/c1-3-4-12-14-13(22-16(18)21-12)6-5-11(20-14)10-7-9(2)15(17)19-8-10/h5-8H,3-4H2,1-2H3,(H2,18,21,22). The molecule has 22 heavy (non-hydrogen) atoms. The van der Waals surface area contributed by atoms with Crippen LogP contribution in [0.15, 0.2) is 24.4 Å². The van der Waals surface area contributed by atoms with Crippen LogP contribution in [0.1, 0.15) is 24.6 Å². The minimum atomic E-state index is -0.465. The third-order valence-electron chi connectivity index (χ3n) is 3.43. The van der Waals surface area contributed by atoms with Gasteiger partial charge in [-0.3, -0.25) is 0 Å². The molecule has 0 saturated carbocycles. The summed E-state index contributed by atoms with van der Waals surface area (Å²) in [5.74, 6) is -0.211. The molecule has 2 N–H and O–H groups in total. The zero-order valence-electron chi connectivity index (χ0n) is 12.5. The Labute approximate surface area is 127 Å². The van der Waals surface area contributed by atoms with E-state index in [9.17, 15) is 4.39 Å². The first-order chi connectivity index (χ1) is 10.6. The third kappa shape index (κ3) is 2.59. The number of fused-ring (bicyclic) bond motifs is 1. The van der Waals surface area contributed by atoms with E-state index in [2.05, 4.69) is 26.9 Å². The van der Waals surface area contributed by atoms with Crippen molar-refractivity contribution in [1.82, 2.24) is 19.9 Å². The van der Waals surface area contributed by atoms with Gasteiger partial charge in [-0.1, -0.05) is 13.3 Å². The maximum atomic E-state index is 13.3. The van der Waals surface area contributed by atoms with Crippen molar-refractivity contribution in [1.29, 1.82) is 0 Å². The maximum Gasteiger partial charge on any atom is 0.220 e. The number of anilines is 1. The molecule has 0 radical (unpaired) electrons. The summed E-state index contributed by atoms with van der Waals surface area (Å²) in [6.45, 7) is 3.75. The normalized spacial score (nSPS) is 11.0. The lowest BCUT2D eigenvalue weighted by atomic mass is 10.1. The Bertz CT molecular complexity index is 847. The van der Waals surface area contributed by atoms with E-state index in [-0.39, 0.29) is 5.95 Å². The molecule has 0 aliphatic rings. The van der Waals surface area contributed by atoms with Crippen molar-refractivity contribution in [2.75, 3.05) is 5.73 Å². The van der Waals surface area contributed by atoms with Gasteiger partial charge in [0.05, 0.1) is 16.9 Å². The minimum absolute atomic E-state index is 0.254. The van der Waals surface area contributed by atoms with Crippen LogP contribution in [-0.2, 0) is 6.42 Å². The van der Waals surface area contributed by atoms with Crippen LogP contribution >= 0.6 is 0 Å². The molecule has 3 rings (SSSR count). The van der Waals surface area contributed by atoms with E-state index in [1.807, 2.05) is 12.1 Å². The lowest BCUT2D eigenvalue weighted by molar-refractivity contribution is 0.575. The van der Waals surface area contributed by atoms with Gasteiger partial charge in [0, 0.05) is 17.3 Å². The Morgan fingerprint density at radius 2 is 2.00 bits per heavy atom. The zero-order valence-corrected chi connectivity index (χ0v) is 12.5. The summed E-state index contributed by atoms with van der Waals surface area (Å²) in [5.41, 5.74) is 9.99. The minimum Gasteiger partial charge on any atom is -0.368 e. The van der Waals surface area contributed by atoms with Gasteiger partial charge in [-0.15, -0.1) is 0 Å². The summed E-state index contributed by atoms with van der Waals surface area (Å²) >= 11 is 0. The van der Waals surface area contributed by atoms with Gasteiger partial charge < -0.3 is 5.73 Å². The number of aryl methyl sites for hydroxylation is 2. The molecular weight excluding hydrogens is 281 g/mol. The second-order valence-electron chi connectivity index (χ2n) is 5.17. The van der Waals surface area contributed by atoms with E-state index in [0.717, 1.165) is 29.6 Å². The van der Waals surface area contributed by atoms with E-state index in [1.165, 1.54) is 6.20 Å². The highest BCUT2D eigenvalue weighted by atomic mass is 19.1. The molecule has 5 nitrogen and oxygen atoms in total. The molecule has 0 bridgehead atoms. The molecule has 0 fully saturated rings. The molecule has 3 heterocycles. The Balaban J connectivity index is 2.17. The summed E-state index contributed by atoms with van der Waals surface area (Å²) < 4.78 is 13.3. The Kier molecular flexibility index (Phi) is 3.66. The number of rotatable bonds is 3. The van der Waals surface area contributed by atoms with Gasteiger partial charge >= 0.3 is 0 Å². The molecule has 6 heteroatoms. The van der Waals surface area contributed by atoms with Crippen molar-refractivity contribution in [3.63, 3.8) is 0 Å². The maximum absolute atomic E-state index is 13.3. The summed E-state index contributed by atoms with van der Waals surface area (Å²) in [6.07, 6.45) is 3.20. The summed E-state index contributed by atoms with van der Waals surface area (Å²) in [5, 5.41) is 0. The van der Waals surface area contributed by atoms with E-state index in [1.54, 1.807) is 13.0 Å². The van der Waals surface area contributed by atoms with Crippen molar-refractivity contribution < 1.29 is 4.39 Å². The first kappa shape index (κ1) is 14.3. The van der Waals surface area contributed by atoms with Crippen LogP contribution in [-0.4, -0.2) is 19.9 Å². The van der Waals surface area contributed by atoms with Crippen LogP contribution in [0.5, 0.6) is 0 Å². The number of aromatic nitrogens is 4. The highest BCUT2D eigenvalue weighted by Gasteiger charge is 2.10. The number of nitrogen functional groups attached to an aromatic ring is 1. The van der Waals surface area contributed by atoms with Crippen LogP contribution in [0.25, 0.3) is 22.3 Å². The van der Waals surface area contributed by atoms with E-state index in [0.29, 0.717) is 16.8 Å². The molecule has 0 spiro atoms. The molecular formula is C16H16FN5. The molecule has 0 aliphatic carbocycles. The fourth-order valence-corrected chi connectivity index (χ4v) is 2.36. The number of hydrogen-bond acceptors (Lipinski definition) is 5. The van der Waals surface area contributed by atoms with Crippen LogP contribution in [0.2, 0.25) is 0 Å². The SMILES string of the molecule is CCCc1nc(N)nc2ccc(-c3cnc(F)c(C)c3)nc12. The second kappa shape index (κ2) is 5.63. The van der Waals surface area contributed by atoms with Gasteiger partial charge in [-0.2, -0.15) is 4.39 Å². The molecule has 0 aromatic carbocycles. The summed E-state index contributed by atoms with van der Waals surface area (Å²) in [6, 6.07) is 5.42. The summed E-state index contributed by atoms with van der Waals surface area (Å²) in [4.78, 5) is 16.9. The largest absolute Gasteiger partial charge is 0.368 e. The molecule has 3 aromatic heterocycles. The fourth-order valence-electron chi connectivity index (χ4n) is 2.36.